The Hall–Kier alpha value is -0.610. The van der Waals surface area contributed by atoms with Crippen LogP contribution in [0.25, 0.3) is 0 Å². The van der Waals surface area contributed by atoms with Gasteiger partial charge in [-0.05, 0) is 38.1 Å². The van der Waals surface area contributed by atoms with Crippen LogP contribution in [0.15, 0.2) is 0 Å². The van der Waals surface area contributed by atoms with E-state index < -0.39 is 0 Å². The number of rotatable bonds is 6. The van der Waals surface area contributed by atoms with Gasteiger partial charge < -0.3 is 16.2 Å². The number of hydrogen-bond acceptors (Lipinski definition) is 3. The molecule has 1 aliphatic rings. The maximum atomic E-state index is 11.9. The van der Waals surface area contributed by atoms with Crippen molar-refractivity contribution >= 4 is 5.91 Å². The Morgan fingerprint density at radius 2 is 2.06 bits per heavy atom. The highest BCUT2D eigenvalue weighted by atomic mass is 16.2. The van der Waals surface area contributed by atoms with Crippen molar-refractivity contribution in [3.05, 3.63) is 0 Å². The molecule has 0 heterocycles. The highest BCUT2D eigenvalue weighted by Crippen LogP contribution is 2.29. The van der Waals surface area contributed by atoms with Gasteiger partial charge in [-0.25, -0.2) is 0 Å². The number of nitrogens with one attached hydrogen (secondary N) is 1. The van der Waals surface area contributed by atoms with Gasteiger partial charge in [0.15, 0.2) is 0 Å². The molecule has 0 aromatic rings. The second-order valence-corrected chi connectivity index (χ2v) is 4.61. The Bertz CT molecular complexity index is 209. The van der Waals surface area contributed by atoms with Gasteiger partial charge in [0.05, 0.1) is 0 Å². The summed E-state index contributed by atoms with van der Waals surface area (Å²) in [5.74, 6) is 0.646. The van der Waals surface area contributed by atoms with Crippen LogP contribution in [0.3, 0.4) is 0 Å². The second kappa shape index (κ2) is 7.63. The molecule has 0 aliphatic heterocycles. The van der Waals surface area contributed by atoms with E-state index in [4.69, 9.17) is 10.8 Å². The first-order chi connectivity index (χ1) is 7.79. The average molecular weight is 228 g/mol. The van der Waals surface area contributed by atoms with E-state index in [1.165, 1.54) is 6.42 Å². The normalized spacial score (nSPS) is 25.4. The molecule has 16 heavy (non-hydrogen) atoms. The quantitative estimate of drug-likeness (QED) is 0.584. The SMILES string of the molecule is NCC1CCCCC1C(=O)NCCCCO. The molecule has 0 aromatic heterocycles. The van der Waals surface area contributed by atoms with Crippen LogP contribution in [-0.4, -0.2) is 30.7 Å². The molecule has 1 rings (SSSR count). The highest BCUT2D eigenvalue weighted by molar-refractivity contribution is 5.79. The lowest BCUT2D eigenvalue weighted by Gasteiger charge is -2.29. The molecular formula is C12H24N2O2. The third-order valence-electron chi connectivity index (χ3n) is 3.43. The van der Waals surface area contributed by atoms with Crippen molar-refractivity contribution < 1.29 is 9.90 Å². The van der Waals surface area contributed by atoms with Gasteiger partial charge in [0.2, 0.25) is 5.91 Å². The van der Waals surface area contributed by atoms with E-state index >= 15 is 0 Å². The number of hydrogen-bond donors (Lipinski definition) is 3. The minimum atomic E-state index is 0.118. The monoisotopic (exact) mass is 228 g/mol. The van der Waals surface area contributed by atoms with E-state index in [2.05, 4.69) is 5.32 Å². The first-order valence-electron chi connectivity index (χ1n) is 6.38. The third kappa shape index (κ3) is 4.10. The Balaban J connectivity index is 2.27. The molecule has 1 saturated carbocycles. The van der Waals surface area contributed by atoms with Crippen LogP contribution in [0.5, 0.6) is 0 Å². The third-order valence-corrected chi connectivity index (χ3v) is 3.43. The van der Waals surface area contributed by atoms with Gasteiger partial charge in [-0.15, -0.1) is 0 Å². The van der Waals surface area contributed by atoms with Crippen molar-refractivity contribution in [2.45, 2.75) is 38.5 Å². The van der Waals surface area contributed by atoms with Crippen molar-refractivity contribution in [3.8, 4) is 0 Å². The molecule has 0 spiro atoms. The number of nitrogens with two attached hydrogens (primary N) is 1. The molecule has 0 saturated heterocycles. The highest BCUT2D eigenvalue weighted by Gasteiger charge is 2.29. The second-order valence-electron chi connectivity index (χ2n) is 4.61. The lowest BCUT2D eigenvalue weighted by molar-refractivity contribution is -0.127. The summed E-state index contributed by atoms with van der Waals surface area (Å²) in [7, 11) is 0. The molecule has 1 fully saturated rings. The molecule has 0 aromatic carbocycles. The van der Waals surface area contributed by atoms with E-state index in [1.54, 1.807) is 0 Å². The fourth-order valence-corrected chi connectivity index (χ4v) is 2.41. The van der Waals surface area contributed by atoms with Crippen molar-refractivity contribution in [2.75, 3.05) is 19.7 Å². The lowest BCUT2D eigenvalue weighted by Crippen LogP contribution is -2.39. The zero-order valence-corrected chi connectivity index (χ0v) is 9.95. The first kappa shape index (κ1) is 13.5. The van der Waals surface area contributed by atoms with Crippen molar-refractivity contribution in [1.29, 1.82) is 0 Å². The molecule has 4 heteroatoms. The van der Waals surface area contributed by atoms with Crippen LogP contribution < -0.4 is 11.1 Å². The molecule has 1 amide bonds. The molecule has 0 radical (unpaired) electrons. The van der Waals surface area contributed by atoms with Crippen molar-refractivity contribution in [3.63, 3.8) is 0 Å². The average Bonchev–Trinajstić information content (AvgIpc) is 2.34. The van der Waals surface area contributed by atoms with Gasteiger partial charge in [0, 0.05) is 19.1 Å². The van der Waals surface area contributed by atoms with E-state index in [-0.39, 0.29) is 18.4 Å². The number of aliphatic hydroxyl groups excluding tert-OH is 1. The summed E-state index contributed by atoms with van der Waals surface area (Å²) in [6.07, 6.45) is 6.02. The molecule has 94 valence electrons. The van der Waals surface area contributed by atoms with Gasteiger partial charge in [-0.2, -0.15) is 0 Å². The van der Waals surface area contributed by atoms with Crippen molar-refractivity contribution in [1.82, 2.24) is 5.32 Å². The maximum Gasteiger partial charge on any atom is 0.223 e. The van der Waals surface area contributed by atoms with Gasteiger partial charge in [0.25, 0.3) is 0 Å². The van der Waals surface area contributed by atoms with Gasteiger partial charge in [-0.1, -0.05) is 12.8 Å². The van der Waals surface area contributed by atoms with Gasteiger partial charge in [0.1, 0.15) is 0 Å². The summed E-state index contributed by atoms with van der Waals surface area (Å²) in [5.41, 5.74) is 5.69. The topological polar surface area (TPSA) is 75.4 Å². The Morgan fingerprint density at radius 3 is 2.75 bits per heavy atom. The predicted octanol–water partition coefficient (Wildman–Crippen LogP) is 0.640. The maximum absolute atomic E-state index is 11.9. The molecule has 1 aliphatic carbocycles. The fraction of sp³-hybridized carbons (Fsp3) is 0.917. The first-order valence-corrected chi connectivity index (χ1v) is 6.38. The van der Waals surface area contributed by atoms with Crippen LogP contribution in [0.1, 0.15) is 38.5 Å². The molecule has 4 nitrogen and oxygen atoms in total. The van der Waals surface area contributed by atoms with Crippen LogP contribution in [0.2, 0.25) is 0 Å². The van der Waals surface area contributed by atoms with Crippen LogP contribution >= 0.6 is 0 Å². The number of amides is 1. The largest absolute Gasteiger partial charge is 0.396 e. The van der Waals surface area contributed by atoms with Crippen LogP contribution in [0.4, 0.5) is 0 Å². The minimum Gasteiger partial charge on any atom is -0.396 e. The Labute approximate surface area is 97.6 Å². The zero-order valence-electron chi connectivity index (χ0n) is 9.95. The number of unbranched alkanes of at least 4 members (excludes halogenated alkanes) is 1. The summed E-state index contributed by atoms with van der Waals surface area (Å²) in [6, 6.07) is 0. The lowest BCUT2D eigenvalue weighted by atomic mass is 9.79. The standard InChI is InChI=1S/C12H24N2O2/c13-9-10-5-1-2-6-11(10)12(16)14-7-3-4-8-15/h10-11,15H,1-9,13H2,(H,14,16). The number of aliphatic hydroxyl groups is 1. The Kier molecular flexibility index (Phi) is 6.42. The van der Waals surface area contributed by atoms with Gasteiger partial charge >= 0.3 is 0 Å². The smallest absolute Gasteiger partial charge is 0.223 e. The summed E-state index contributed by atoms with van der Waals surface area (Å²) in [4.78, 5) is 11.9. The molecule has 2 unspecified atom stereocenters. The number of carbonyl (C=O) groups excluding carboxylic acids is 1. The van der Waals surface area contributed by atoms with Crippen LogP contribution in [-0.2, 0) is 4.79 Å². The summed E-state index contributed by atoms with van der Waals surface area (Å²) < 4.78 is 0. The molecule has 2 atom stereocenters. The van der Waals surface area contributed by atoms with Crippen molar-refractivity contribution in [2.24, 2.45) is 17.6 Å². The Morgan fingerprint density at radius 1 is 1.31 bits per heavy atom. The van der Waals surface area contributed by atoms with E-state index in [1.807, 2.05) is 0 Å². The van der Waals surface area contributed by atoms with E-state index in [0.717, 1.165) is 32.1 Å². The fourth-order valence-electron chi connectivity index (χ4n) is 2.41. The van der Waals surface area contributed by atoms with Gasteiger partial charge in [-0.3, -0.25) is 4.79 Å². The molecule has 0 bridgehead atoms. The molecule has 4 N–H and O–H groups in total. The van der Waals surface area contributed by atoms with E-state index in [0.29, 0.717) is 19.0 Å². The minimum absolute atomic E-state index is 0.118. The number of carbonyl (C=O) groups is 1. The predicted molar refractivity (Wildman–Crippen MR) is 63.8 cm³/mol. The van der Waals surface area contributed by atoms with E-state index in [9.17, 15) is 4.79 Å². The summed E-state index contributed by atoms with van der Waals surface area (Å²) >= 11 is 0. The zero-order chi connectivity index (χ0) is 11.8. The molecular weight excluding hydrogens is 204 g/mol. The van der Waals surface area contributed by atoms with Crippen LogP contribution in [0, 0.1) is 11.8 Å². The summed E-state index contributed by atoms with van der Waals surface area (Å²) in [5, 5.41) is 11.6. The summed E-state index contributed by atoms with van der Waals surface area (Å²) in [6.45, 7) is 1.49.